The lowest BCUT2D eigenvalue weighted by Gasteiger charge is -2.17. The molecule has 2 rings (SSSR count). The average molecular weight is 404 g/mol. The highest BCUT2D eigenvalue weighted by molar-refractivity contribution is 5.41. The predicted octanol–water partition coefficient (Wildman–Crippen LogP) is 2.86. The monoisotopic (exact) mass is 403 g/mol. The highest BCUT2D eigenvalue weighted by Crippen LogP contribution is 2.38. The molecule has 0 aromatic heterocycles. The Morgan fingerprint density at radius 1 is 1.31 bits per heavy atom. The zero-order chi connectivity index (χ0) is 21.2. The van der Waals surface area contributed by atoms with Crippen molar-refractivity contribution >= 4 is 0 Å². The lowest BCUT2D eigenvalue weighted by molar-refractivity contribution is -0.0666. The van der Waals surface area contributed by atoms with Crippen LogP contribution >= 0.6 is 0 Å². The maximum atomic E-state index is 10.1. The van der Waals surface area contributed by atoms with Crippen LogP contribution in [0.15, 0.2) is 42.2 Å². The number of aliphatic hydroxyl groups excluding tert-OH is 1. The Morgan fingerprint density at radius 3 is 2.83 bits per heavy atom. The van der Waals surface area contributed by atoms with Gasteiger partial charge < -0.3 is 25.2 Å². The van der Waals surface area contributed by atoms with Gasteiger partial charge in [0.05, 0.1) is 6.61 Å². The van der Waals surface area contributed by atoms with E-state index in [1.54, 1.807) is 6.08 Å². The summed E-state index contributed by atoms with van der Waals surface area (Å²) in [5, 5.41) is 19.1. The third-order valence-corrected chi connectivity index (χ3v) is 5.41. The number of hydrogen-bond donors (Lipinski definition) is 4. The lowest BCUT2D eigenvalue weighted by atomic mass is 9.97. The summed E-state index contributed by atoms with van der Waals surface area (Å²) in [6, 6.07) is 6.35. The summed E-state index contributed by atoms with van der Waals surface area (Å²) in [5.41, 5.74) is 3.76. The fourth-order valence-electron chi connectivity index (χ4n) is 3.57. The lowest BCUT2D eigenvalue weighted by Crippen LogP contribution is -2.32. The number of rotatable bonds is 12. The minimum absolute atomic E-state index is 0.349. The second-order valence-electron chi connectivity index (χ2n) is 7.62. The summed E-state index contributed by atoms with van der Waals surface area (Å²) < 4.78 is 11.6. The number of nitrogens with one attached hydrogen (secondary N) is 3. The number of ether oxygens (including phenoxy) is 2. The fourth-order valence-corrected chi connectivity index (χ4v) is 3.57. The average Bonchev–Trinajstić information content (AvgIpc) is 2.98. The van der Waals surface area contributed by atoms with Crippen molar-refractivity contribution < 1.29 is 14.6 Å². The highest BCUT2D eigenvalue weighted by atomic mass is 16.7. The van der Waals surface area contributed by atoms with Crippen LogP contribution in [0.5, 0.6) is 5.75 Å². The molecule has 4 N–H and O–H groups in total. The number of allylic oxidation sites excluding steroid dienone is 1. The Morgan fingerprint density at radius 2 is 2.10 bits per heavy atom. The maximum absolute atomic E-state index is 10.1. The van der Waals surface area contributed by atoms with Crippen LogP contribution in [0.25, 0.3) is 0 Å². The SMILES string of the molecule is CN/C=C/C/C(=C\C(O)NCCOC(C)Oc1ccc2c(c1)CC(C)C2C)NC. The topological polar surface area (TPSA) is 74.8 Å². The smallest absolute Gasteiger partial charge is 0.197 e. The van der Waals surface area contributed by atoms with Gasteiger partial charge in [0, 0.05) is 32.8 Å². The van der Waals surface area contributed by atoms with Crippen molar-refractivity contribution in [1.29, 1.82) is 0 Å². The van der Waals surface area contributed by atoms with E-state index in [4.69, 9.17) is 9.47 Å². The van der Waals surface area contributed by atoms with Gasteiger partial charge in [0.2, 0.25) is 0 Å². The van der Waals surface area contributed by atoms with Crippen molar-refractivity contribution in [3.05, 3.63) is 53.4 Å². The molecule has 162 valence electrons. The van der Waals surface area contributed by atoms with Gasteiger partial charge in [-0.15, -0.1) is 0 Å². The first-order chi connectivity index (χ1) is 13.9. The quantitative estimate of drug-likeness (QED) is 0.318. The Kier molecular flexibility index (Phi) is 9.51. The van der Waals surface area contributed by atoms with Crippen molar-refractivity contribution in [1.82, 2.24) is 16.0 Å². The zero-order valence-electron chi connectivity index (χ0n) is 18.4. The zero-order valence-corrected chi connectivity index (χ0v) is 18.4. The van der Waals surface area contributed by atoms with Crippen LogP contribution in [0.4, 0.5) is 0 Å². The second kappa shape index (κ2) is 11.9. The van der Waals surface area contributed by atoms with E-state index >= 15 is 0 Å². The van der Waals surface area contributed by atoms with Gasteiger partial charge in [-0.25, -0.2) is 0 Å². The highest BCUT2D eigenvalue weighted by Gasteiger charge is 2.25. The third-order valence-electron chi connectivity index (χ3n) is 5.41. The normalized spacial score (nSPS) is 21.1. The van der Waals surface area contributed by atoms with Crippen LogP contribution in [-0.2, 0) is 11.2 Å². The molecule has 0 amide bonds. The molecule has 0 spiro atoms. The van der Waals surface area contributed by atoms with Gasteiger partial charge in [-0.1, -0.05) is 26.0 Å². The third kappa shape index (κ3) is 7.38. The Balaban J connectivity index is 1.70. The summed E-state index contributed by atoms with van der Waals surface area (Å²) in [7, 11) is 3.69. The standard InChI is InChI=1S/C23H37N3O3/c1-16-13-19-14-21(8-9-22(19)17(16)2)29-18(3)28-12-11-26-23(27)15-20(25-5)7-6-10-24-4/h6,8-10,14-18,23-27H,7,11-13H2,1-5H3/b10-6+,20-15+. The molecule has 6 nitrogen and oxygen atoms in total. The fraction of sp³-hybridized carbons (Fsp3) is 0.565. The van der Waals surface area contributed by atoms with E-state index in [9.17, 15) is 5.11 Å². The van der Waals surface area contributed by atoms with Gasteiger partial charge in [0.1, 0.15) is 12.0 Å². The van der Waals surface area contributed by atoms with E-state index in [1.807, 2.05) is 39.4 Å². The molecule has 6 heteroatoms. The maximum Gasteiger partial charge on any atom is 0.197 e. The Labute approximate surface area is 175 Å². The van der Waals surface area contributed by atoms with Crippen LogP contribution in [0.3, 0.4) is 0 Å². The van der Waals surface area contributed by atoms with Gasteiger partial charge in [-0.3, -0.25) is 5.32 Å². The minimum atomic E-state index is -0.735. The first-order valence-electron chi connectivity index (χ1n) is 10.5. The molecule has 0 radical (unpaired) electrons. The summed E-state index contributed by atoms with van der Waals surface area (Å²) in [4.78, 5) is 0. The van der Waals surface area contributed by atoms with Crippen molar-refractivity contribution in [2.45, 2.75) is 52.0 Å². The number of hydrogen-bond acceptors (Lipinski definition) is 6. The van der Waals surface area contributed by atoms with Crippen LogP contribution in [-0.4, -0.2) is 44.9 Å². The van der Waals surface area contributed by atoms with Crippen LogP contribution < -0.4 is 20.7 Å². The summed E-state index contributed by atoms with van der Waals surface area (Å²) in [5.74, 6) is 2.15. The van der Waals surface area contributed by atoms with Crippen molar-refractivity contribution in [2.24, 2.45) is 5.92 Å². The van der Waals surface area contributed by atoms with E-state index in [1.165, 1.54) is 11.1 Å². The minimum Gasteiger partial charge on any atom is -0.465 e. The Bertz CT molecular complexity index is 690. The van der Waals surface area contributed by atoms with Gasteiger partial charge in [0.25, 0.3) is 0 Å². The molecule has 4 unspecified atom stereocenters. The van der Waals surface area contributed by atoms with E-state index in [0.717, 1.165) is 24.3 Å². The molecule has 1 aromatic rings. The molecule has 0 aliphatic heterocycles. The molecule has 0 saturated carbocycles. The number of benzene rings is 1. The van der Waals surface area contributed by atoms with E-state index in [-0.39, 0.29) is 6.29 Å². The van der Waals surface area contributed by atoms with Crippen LogP contribution in [0, 0.1) is 5.92 Å². The molecule has 29 heavy (non-hydrogen) atoms. The van der Waals surface area contributed by atoms with Gasteiger partial charge in [-0.2, -0.15) is 0 Å². The Hall–Kier alpha value is -2.02. The van der Waals surface area contributed by atoms with Crippen molar-refractivity contribution in [3.8, 4) is 5.75 Å². The number of aliphatic hydroxyl groups is 1. The molecule has 0 heterocycles. The summed E-state index contributed by atoms with van der Waals surface area (Å²) in [6.45, 7) is 7.44. The molecule has 0 bridgehead atoms. The van der Waals surface area contributed by atoms with Crippen molar-refractivity contribution in [3.63, 3.8) is 0 Å². The van der Waals surface area contributed by atoms with E-state index in [0.29, 0.717) is 25.0 Å². The summed E-state index contributed by atoms with van der Waals surface area (Å²) >= 11 is 0. The van der Waals surface area contributed by atoms with Crippen LogP contribution in [0.1, 0.15) is 44.2 Å². The molecular formula is C23H37N3O3. The largest absolute Gasteiger partial charge is 0.465 e. The first-order valence-corrected chi connectivity index (χ1v) is 10.5. The molecular weight excluding hydrogens is 366 g/mol. The van der Waals surface area contributed by atoms with Crippen LogP contribution in [0.2, 0.25) is 0 Å². The molecule has 1 aliphatic carbocycles. The van der Waals surface area contributed by atoms with Gasteiger partial charge >= 0.3 is 0 Å². The second-order valence-corrected chi connectivity index (χ2v) is 7.62. The predicted molar refractivity (Wildman–Crippen MR) is 118 cm³/mol. The van der Waals surface area contributed by atoms with E-state index < -0.39 is 6.23 Å². The van der Waals surface area contributed by atoms with E-state index in [2.05, 4.69) is 41.9 Å². The molecule has 1 aromatic carbocycles. The summed E-state index contributed by atoms with van der Waals surface area (Å²) in [6.07, 6.45) is 6.35. The van der Waals surface area contributed by atoms with Gasteiger partial charge in [0.15, 0.2) is 6.29 Å². The first kappa shape index (κ1) is 23.3. The van der Waals surface area contributed by atoms with Crippen molar-refractivity contribution in [2.75, 3.05) is 27.2 Å². The molecule has 0 fully saturated rings. The number of fused-ring (bicyclic) bond motifs is 1. The molecule has 1 aliphatic rings. The molecule has 4 atom stereocenters. The molecule has 0 saturated heterocycles. The van der Waals surface area contributed by atoms with Gasteiger partial charge in [-0.05, 0) is 60.7 Å².